The van der Waals surface area contributed by atoms with Crippen molar-refractivity contribution >= 4 is 77.7 Å². The van der Waals surface area contributed by atoms with Crippen molar-refractivity contribution < 1.29 is 4.74 Å². The summed E-state index contributed by atoms with van der Waals surface area (Å²) in [6.07, 6.45) is 1.88. The first-order chi connectivity index (χ1) is 19.2. The normalized spacial score (nSPS) is 11.5. The van der Waals surface area contributed by atoms with Gasteiger partial charge in [-0.25, -0.2) is 0 Å². The van der Waals surface area contributed by atoms with Gasteiger partial charge in [-0.2, -0.15) is 0 Å². The van der Waals surface area contributed by atoms with Gasteiger partial charge in [-0.15, -0.1) is 0 Å². The lowest BCUT2D eigenvalue weighted by molar-refractivity contribution is 0.133. The number of hydrogen-bond donors (Lipinski definition) is 2. The van der Waals surface area contributed by atoms with Crippen LogP contribution in [0.5, 0.6) is 0 Å². The number of ether oxygens (including phenoxy) is 1. The minimum atomic E-state index is 0.727. The molecule has 39 heavy (non-hydrogen) atoms. The Labute approximate surface area is 238 Å². The Hall–Kier alpha value is -3.50. The van der Waals surface area contributed by atoms with Crippen molar-refractivity contribution in [1.82, 2.24) is 0 Å². The summed E-state index contributed by atoms with van der Waals surface area (Å²) in [5, 5.41) is 18.0. The zero-order chi connectivity index (χ0) is 26.6. The summed E-state index contributed by atoms with van der Waals surface area (Å²) < 4.78 is 5.92. The van der Waals surface area contributed by atoms with E-state index >= 15 is 0 Å². The van der Waals surface area contributed by atoms with Gasteiger partial charge in [-0.05, 0) is 82.9 Å². The van der Waals surface area contributed by atoms with E-state index in [4.69, 9.17) is 27.9 Å². The van der Waals surface area contributed by atoms with Crippen molar-refractivity contribution in [2.45, 2.75) is 12.8 Å². The molecule has 5 heteroatoms. The van der Waals surface area contributed by atoms with Crippen LogP contribution in [0.2, 0.25) is 10.0 Å². The number of halogens is 2. The van der Waals surface area contributed by atoms with Gasteiger partial charge in [0, 0.05) is 69.3 Å². The molecular formula is C34H30Cl2N2O. The van der Waals surface area contributed by atoms with Crippen LogP contribution in [0.3, 0.4) is 0 Å². The van der Waals surface area contributed by atoms with Crippen LogP contribution in [-0.2, 0) is 4.74 Å². The lowest BCUT2D eigenvalue weighted by Crippen LogP contribution is -2.09. The molecule has 0 aromatic heterocycles. The maximum absolute atomic E-state index is 6.45. The Balaban J connectivity index is 0.972. The highest BCUT2D eigenvalue weighted by Gasteiger charge is 2.07. The molecule has 0 fully saturated rings. The second kappa shape index (κ2) is 11.7. The highest BCUT2D eigenvalue weighted by Crippen LogP contribution is 2.33. The van der Waals surface area contributed by atoms with Crippen LogP contribution in [0.15, 0.2) is 97.1 Å². The van der Waals surface area contributed by atoms with E-state index in [9.17, 15) is 0 Å². The number of rotatable bonds is 10. The van der Waals surface area contributed by atoms with Gasteiger partial charge >= 0.3 is 0 Å². The number of nitrogens with one attached hydrogen (secondary N) is 2. The molecule has 196 valence electrons. The average molecular weight is 554 g/mol. The second-order valence-electron chi connectivity index (χ2n) is 9.85. The van der Waals surface area contributed by atoms with Crippen LogP contribution in [0.1, 0.15) is 12.8 Å². The summed E-state index contributed by atoms with van der Waals surface area (Å²) in [5.41, 5.74) is 2.25. The van der Waals surface area contributed by atoms with Gasteiger partial charge in [0.1, 0.15) is 0 Å². The van der Waals surface area contributed by atoms with Gasteiger partial charge in [0.15, 0.2) is 0 Å². The Morgan fingerprint density at radius 2 is 0.897 bits per heavy atom. The zero-order valence-corrected chi connectivity index (χ0v) is 23.2. The SMILES string of the molecule is Clc1cccc2cc3cccc(NCCCOCCCNc4cccc5cc6cccc(Cl)c6cc45)c3cc12. The molecule has 0 saturated heterocycles. The summed E-state index contributed by atoms with van der Waals surface area (Å²) in [6, 6.07) is 33.6. The van der Waals surface area contributed by atoms with Gasteiger partial charge in [-0.1, -0.05) is 71.7 Å². The molecule has 0 spiro atoms. The molecule has 6 aromatic carbocycles. The smallest absolute Gasteiger partial charge is 0.0484 e. The van der Waals surface area contributed by atoms with E-state index in [-0.39, 0.29) is 0 Å². The van der Waals surface area contributed by atoms with Crippen LogP contribution < -0.4 is 10.6 Å². The van der Waals surface area contributed by atoms with Crippen LogP contribution >= 0.6 is 23.2 Å². The molecule has 3 nitrogen and oxygen atoms in total. The fraction of sp³-hybridized carbons (Fsp3) is 0.176. The topological polar surface area (TPSA) is 33.3 Å². The largest absolute Gasteiger partial charge is 0.384 e. The minimum Gasteiger partial charge on any atom is -0.384 e. The van der Waals surface area contributed by atoms with E-state index < -0.39 is 0 Å². The molecule has 0 bridgehead atoms. The van der Waals surface area contributed by atoms with Crippen molar-refractivity contribution in [2.24, 2.45) is 0 Å². The van der Waals surface area contributed by atoms with Crippen LogP contribution in [0.25, 0.3) is 43.1 Å². The van der Waals surface area contributed by atoms with Crippen LogP contribution in [-0.4, -0.2) is 26.3 Å². The molecule has 0 aliphatic rings. The first-order valence-electron chi connectivity index (χ1n) is 13.4. The maximum atomic E-state index is 6.45. The number of fused-ring (bicyclic) bond motifs is 4. The van der Waals surface area contributed by atoms with E-state index in [1.165, 1.54) is 21.5 Å². The van der Waals surface area contributed by atoms with Crippen molar-refractivity contribution in [3.05, 3.63) is 107 Å². The van der Waals surface area contributed by atoms with Gasteiger partial charge in [0.05, 0.1) is 0 Å². The minimum absolute atomic E-state index is 0.727. The Bertz CT molecular complexity index is 1650. The van der Waals surface area contributed by atoms with E-state index in [1.807, 2.05) is 24.3 Å². The monoisotopic (exact) mass is 552 g/mol. The third-order valence-electron chi connectivity index (χ3n) is 7.21. The maximum Gasteiger partial charge on any atom is 0.0484 e. The number of hydrogen-bond acceptors (Lipinski definition) is 3. The number of anilines is 2. The predicted octanol–water partition coefficient (Wildman–Crippen LogP) is 9.93. The molecular weight excluding hydrogens is 523 g/mol. The molecule has 0 saturated carbocycles. The summed E-state index contributed by atoms with van der Waals surface area (Å²) >= 11 is 12.9. The molecule has 6 aromatic rings. The van der Waals surface area contributed by atoms with E-state index in [0.29, 0.717) is 0 Å². The quantitative estimate of drug-likeness (QED) is 0.131. The predicted molar refractivity (Wildman–Crippen MR) is 170 cm³/mol. The molecule has 0 heterocycles. The molecule has 0 atom stereocenters. The summed E-state index contributed by atoms with van der Waals surface area (Å²) in [4.78, 5) is 0. The van der Waals surface area contributed by atoms with Gasteiger partial charge in [0.25, 0.3) is 0 Å². The van der Waals surface area contributed by atoms with Crippen molar-refractivity contribution in [1.29, 1.82) is 0 Å². The second-order valence-corrected chi connectivity index (χ2v) is 10.7. The van der Waals surface area contributed by atoms with Crippen molar-refractivity contribution in [3.8, 4) is 0 Å². The van der Waals surface area contributed by atoms with Crippen molar-refractivity contribution in [2.75, 3.05) is 36.9 Å². The molecule has 0 unspecified atom stereocenters. The molecule has 0 aliphatic carbocycles. The Kier molecular flexibility index (Phi) is 7.74. The van der Waals surface area contributed by atoms with Crippen molar-refractivity contribution in [3.63, 3.8) is 0 Å². The molecule has 0 aliphatic heterocycles. The zero-order valence-electron chi connectivity index (χ0n) is 21.6. The summed E-state index contributed by atoms with van der Waals surface area (Å²) in [5.74, 6) is 0. The first-order valence-corrected chi connectivity index (χ1v) is 14.2. The van der Waals surface area contributed by atoms with Gasteiger partial charge in [0.2, 0.25) is 0 Å². The molecule has 0 amide bonds. The van der Waals surface area contributed by atoms with Crippen LogP contribution in [0, 0.1) is 0 Å². The van der Waals surface area contributed by atoms with Gasteiger partial charge < -0.3 is 15.4 Å². The fourth-order valence-electron chi connectivity index (χ4n) is 5.23. The average Bonchev–Trinajstić information content (AvgIpc) is 2.95. The van der Waals surface area contributed by atoms with E-state index in [0.717, 1.165) is 82.1 Å². The van der Waals surface area contributed by atoms with E-state index in [2.05, 4.69) is 83.4 Å². The van der Waals surface area contributed by atoms with Crippen LogP contribution in [0.4, 0.5) is 11.4 Å². The Morgan fingerprint density at radius 1 is 0.487 bits per heavy atom. The Morgan fingerprint density at radius 3 is 1.36 bits per heavy atom. The standard InChI is InChI=1S/C34H30Cl2N2O/c35-31-11-1-7-23-19-25-9-3-13-33(29(25)21-27(23)31)37-15-5-17-39-18-6-16-38-34-14-4-10-26-20-24-8-2-12-32(36)28(24)22-30(26)34/h1-4,7-14,19-22,37-38H,5-6,15-18H2. The highest BCUT2D eigenvalue weighted by molar-refractivity contribution is 6.36. The van der Waals surface area contributed by atoms with E-state index in [1.54, 1.807) is 0 Å². The third-order valence-corrected chi connectivity index (χ3v) is 7.87. The highest BCUT2D eigenvalue weighted by atomic mass is 35.5. The molecule has 2 N–H and O–H groups in total. The summed E-state index contributed by atoms with van der Waals surface area (Å²) in [7, 11) is 0. The number of benzene rings is 6. The molecule has 0 radical (unpaired) electrons. The summed E-state index contributed by atoms with van der Waals surface area (Å²) in [6.45, 7) is 3.16. The third kappa shape index (κ3) is 5.62. The van der Waals surface area contributed by atoms with Gasteiger partial charge in [-0.3, -0.25) is 0 Å². The lowest BCUT2D eigenvalue weighted by Gasteiger charge is -2.13. The molecule has 6 rings (SSSR count). The fourth-order valence-corrected chi connectivity index (χ4v) is 5.71. The lowest BCUT2D eigenvalue weighted by atomic mass is 10.0. The first kappa shape index (κ1) is 25.8.